The molecule has 0 aliphatic carbocycles. The molecule has 0 aromatic heterocycles. The summed E-state index contributed by atoms with van der Waals surface area (Å²) in [5, 5.41) is 12.2. The van der Waals surface area contributed by atoms with Crippen LogP contribution in [0.15, 0.2) is 24.3 Å². The van der Waals surface area contributed by atoms with E-state index in [1.165, 1.54) is 11.1 Å². The molecule has 106 valence electrons. The lowest BCUT2D eigenvalue weighted by molar-refractivity contribution is -0.121. The van der Waals surface area contributed by atoms with E-state index in [1.54, 1.807) is 0 Å². The molecule has 1 atom stereocenters. The molecule has 0 aliphatic rings. The van der Waals surface area contributed by atoms with Crippen LogP contribution in [0.1, 0.15) is 44.2 Å². The van der Waals surface area contributed by atoms with Crippen LogP contribution in [0.2, 0.25) is 0 Å². The molecule has 1 amide bonds. The highest BCUT2D eigenvalue weighted by molar-refractivity contribution is 5.76. The number of aryl methyl sites for hydroxylation is 2. The van der Waals surface area contributed by atoms with Crippen LogP contribution in [-0.4, -0.2) is 23.7 Å². The Morgan fingerprint density at radius 3 is 2.42 bits per heavy atom. The van der Waals surface area contributed by atoms with Gasteiger partial charge in [0.2, 0.25) is 5.91 Å². The number of benzene rings is 1. The standard InChI is InChI=1S/C16H25NO2/c1-3-13-5-7-14(8-6-13)9-10-16(19)17-12-11-15(18)4-2/h5-8,15,18H,3-4,9-12H2,1-2H3,(H,17,19). The molecule has 0 spiro atoms. The fourth-order valence-corrected chi connectivity index (χ4v) is 1.87. The molecule has 3 nitrogen and oxygen atoms in total. The Hall–Kier alpha value is -1.35. The number of amides is 1. The molecular formula is C16H25NO2. The Kier molecular flexibility index (Phi) is 7.19. The highest BCUT2D eigenvalue weighted by Crippen LogP contribution is 2.07. The zero-order chi connectivity index (χ0) is 14.1. The van der Waals surface area contributed by atoms with Gasteiger partial charge in [-0.05, 0) is 36.8 Å². The minimum atomic E-state index is -0.304. The van der Waals surface area contributed by atoms with Gasteiger partial charge >= 0.3 is 0 Å². The molecule has 1 unspecified atom stereocenters. The fourth-order valence-electron chi connectivity index (χ4n) is 1.87. The topological polar surface area (TPSA) is 49.3 Å². The SMILES string of the molecule is CCc1ccc(CCC(=O)NCCC(O)CC)cc1. The maximum Gasteiger partial charge on any atom is 0.220 e. The molecule has 19 heavy (non-hydrogen) atoms. The lowest BCUT2D eigenvalue weighted by atomic mass is 10.1. The first-order chi connectivity index (χ1) is 9.15. The van der Waals surface area contributed by atoms with Gasteiger partial charge in [0.05, 0.1) is 6.10 Å². The van der Waals surface area contributed by atoms with Crippen LogP contribution < -0.4 is 5.32 Å². The number of hydrogen-bond acceptors (Lipinski definition) is 2. The summed E-state index contributed by atoms with van der Waals surface area (Å²) in [6.45, 7) is 4.63. The normalized spacial score (nSPS) is 12.2. The predicted molar refractivity (Wildman–Crippen MR) is 78.1 cm³/mol. The summed E-state index contributed by atoms with van der Waals surface area (Å²) < 4.78 is 0. The summed E-state index contributed by atoms with van der Waals surface area (Å²) in [7, 11) is 0. The molecule has 1 aromatic rings. The molecule has 0 aliphatic heterocycles. The summed E-state index contributed by atoms with van der Waals surface area (Å²) >= 11 is 0. The Balaban J connectivity index is 2.22. The molecule has 1 rings (SSSR count). The van der Waals surface area contributed by atoms with Gasteiger partial charge in [-0.3, -0.25) is 4.79 Å². The molecule has 0 heterocycles. The maximum atomic E-state index is 11.6. The smallest absolute Gasteiger partial charge is 0.220 e. The molecule has 0 fully saturated rings. The van der Waals surface area contributed by atoms with E-state index in [0.29, 0.717) is 19.4 Å². The lowest BCUT2D eigenvalue weighted by Crippen LogP contribution is -2.27. The van der Waals surface area contributed by atoms with Crippen molar-refractivity contribution in [3.05, 3.63) is 35.4 Å². The van der Waals surface area contributed by atoms with Gasteiger partial charge in [0, 0.05) is 13.0 Å². The van der Waals surface area contributed by atoms with Gasteiger partial charge in [0.15, 0.2) is 0 Å². The van der Waals surface area contributed by atoms with Crippen molar-refractivity contribution in [2.75, 3.05) is 6.54 Å². The van der Waals surface area contributed by atoms with Crippen molar-refractivity contribution in [1.82, 2.24) is 5.32 Å². The van der Waals surface area contributed by atoms with E-state index < -0.39 is 0 Å². The van der Waals surface area contributed by atoms with Crippen molar-refractivity contribution in [3.63, 3.8) is 0 Å². The predicted octanol–water partition coefficient (Wildman–Crippen LogP) is 2.46. The van der Waals surface area contributed by atoms with Crippen molar-refractivity contribution < 1.29 is 9.90 Å². The molecule has 0 saturated heterocycles. The van der Waals surface area contributed by atoms with Crippen LogP contribution in [0, 0.1) is 0 Å². The third-order valence-corrected chi connectivity index (χ3v) is 3.34. The van der Waals surface area contributed by atoms with Gasteiger partial charge in [0.1, 0.15) is 0 Å². The summed E-state index contributed by atoms with van der Waals surface area (Å²) in [6.07, 6.45) is 3.38. The molecular weight excluding hydrogens is 238 g/mol. The molecule has 0 saturated carbocycles. The molecule has 1 aromatic carbocycles. The van der Waals surface area contributed by atoms with Gasteiger partial charge in [-0.2, -0.15) is 0 Å². The van der Waals surface area contributed by atoms with Crippen LogP contribution in [0.4, 0.5) is 0 Å². The van der Waals surface area contributed by atoms with E-state index >= 15 is 0 Å². The summed E-state index contributed by atoms with van der Waals surface area (Å²) in [5.41, 5.74) is 2.52. The third-order valence-electron chi connectivity index (χ3n) is 3.34. The van der Waals surface area contributed by atoms with Crippen molar-refractivity contribution in [3.8, 4) is 0 Å². The van der Waals surface area contributed by atoms with Gasteiger partial charge in [-0.15, -0.1) is 0 Å². The Morgan fingerprint density at radius 2 is 1.84 bits per heavy atom. The van der Waals surface area contributed by atoms with Crippen LogP contribution in [0.3, 0.4) is 0 Å². The number of carbonyl (C=O) groups is 1. The molecule has 2 N–H and O–H groups in total. The van der Waals surface area contributed by atoms with Gasteiger partial charge < -0.3 is 10.4 Å². The minimum absolute atomic E-state index is 0.0582. The first-order valence-corrected chi connectivity index (χ1v) is 7.18. The quantitative estimate of drug-likeness (QED) is 0.757. The second-order valence-electron chi connectivity index (χ2n) is 4.87. The third kappa shape index (κ3) is 6.39. The summed E-state index contributed by atoms with van der Waals surface area (Å²) in [4.78, 5) is 11.6. The van der Waals surface area contributed by atoms with E-state index in [1.807, 2.05) is 6.92 Å². The second-order valence-corrected chi connectivity index (χ2v) is 4.87. The van der Waals surface area contributed by atoms with Crippen LogP contribution >= 0.6 is 0 Å². The first-order valence-electron chi connectivity index (χ1n) is 7.18. The maximum absolute atomic E-state index is 11.6. The van der Waals surface area contributed by atoms with E-state index in [0.717, 1.165) is 19.3 Å². The zero-order valence-electron chi connectivity index (χ0n) is 12.0. The van der Waals surface area contributed by atoms with Gasteiger partial charge in [-0.25, -0.2) is 0 Å². The van der Waals surface area contributed by atoms with E-state index in [-0.39, 0.29) is 12.0 Å². The second kappa shape index (κ2) is 8.70. The number of aliphatic hydroxyl groups excluding tert-OH is 1. The number of carbonyl (C=O) groups excluding carboxylic acids is 1. The minimum Gasteiger partial charge on any atom is -0.393 e. The van der Waals surface area contributed by atoms with Crippen LogP contribution in [0.5, 0.6) is 0 Å². The van der Waals surface area contributed by atoms with E-state index in [2.05, 4.69) is 36.5 Å². The monoisotopic (exact) mass is 263 g/mol. The highest BCUT2D eigenvalue weighted by Gasteiger charge is 2.04. The molecule has 0 bridgehead atoms. The first kappa shape index (κ1) is 15.7. The number of rotatable bonds is 8. The van der Waals surface area contributed by atoms with Gasteiger partial charge in [-0.1, -0.05) is 38.1 Å². The van der Waals surface area contributed by atoms with Crippen LogP contribution in [-0.2, 0) is 17.6 Å². The fraction of sp³-hybridized carbons (Fsp3) is 0.562. The Morgan fingerprint density at radius 1 is 1.21 bits per heavy atom. The van der Waals surface area contributed by atoms with Gasteiger partial charge in [0.25, 0.3) is 0 Å². The largest absolute Gasteiger partial charge is 0.393 e. The van der Waals surface area contributed by atoms with Crippen molar-refractivity contribution in [2.24, 2.45) is 0 Å². The average Bonchev–Trinajstić information content (AvgIpc) is 2.45. The van der Waals surface area contributed by atoms with E-state index in [9.17, 15) is 9.90 Å². The number of nitrogens with one attached hydrogen (secondary N) is 1. The Labute approximate surface area is 116 Å². The van der Waals surface area contributed by atoms with E-state index in [4.69, 9.17) is 0 Å². The summed E-state index contributed by atoms with van der Waals surface area (Å²) in [5.74, 6) is 0.0582. The molecule has 3 heteroatoms. The Bertz CT molecular complexity index is 373. The zero-order valence-corrected chi connectivity index (χ0v) is 12.0. The highest BCUT2D eigenvalue weighted by atomic mass is 16.3. The summed E-state index contributed by atoms with van der Waals surface area (Å²) in [6, 6.07) is 8.41. The molecule has 0 radical (unpaired) electrons. The van der Waals surface area contributed by atoms with Crippen molar-refractivity contribution in [1.29, 1.82) is 0 Å². The lowest BCUT2D eigenvalue weighted by Gasteiger charge is -2.09. The van der Waals surface area contributed by atoms with Crippen LogP contribution in [0.25, 0.3) is 0 Å². The van der Waals surface area contributed by atoms with Crippen molar-refractivity contribution in [2.45, 2.75) is 52.1 Å². The average molecular weight is 263 g/mol. The van der Waals surface area contributed by atoms with Crippen molar-refractivity contribution >= 4 is 5.91 Å². The number of aliphatic hydroxyl groups is 1. The number of hydrogen-bond donors (Lipinski definition) is 2.